The molecule has 0 fully saturated rings. The number of benzene rings is 2. The topological polar surface area (TPSA) is 59.8 Å². The zero-order valence-electron chi connectivity index (χ0n) is 16.4. The smallest absolute Gasteiger partial charge is 0.274 e. The molecule has 4 rings (SSSR count). The summed E-state index contributed by atoms with van der Waals surface area (Å²) < 4.78 is 28.9. The van der Waals surface area contributed by atoms with E-state index in [4.69, 9.17) is 46.4 Å². The molecule has 0 unspecified atom stereocenters. The first-order valence-electron chi connectivity index (χ1n) is 9.31. The Morgan fingerprint density at radius 1 is 0.939 bits per heavy atom. The number of rotatable bonds is 5. The number of nitrogens with zero attached hydrogens (tertiary/aromatic N) is 3. The zero-order valence-corrected chi connectivity index (χ0v) is 19.4. The molecule has 4 aromatic rings. The van der Waals surface area contributed by atoms with Crippen molar-refractivity contribution in [2.75, 3.05) is 5.32 Å². The summed E-state index contributed by atoms with van der Waals surface area (Å²) in [6, 6.07) is 11.3. The average Bonchev–Trinajstić information content (AvgIpc) is 3.18. The van der Waals surface area contributed by atoms with Crippen LogP contribution in [0.15, 0.2) is 54.7 Å². The lowest BCUT2D eigenvalue weighted by molar-refractivity contribution is 0.101. The number of aromatic nitrogens is 3. The highest BCUT2D eigenvalue weighted by Gasteiger charge is 2.20. The van der Waals surface area contributed by atoms with Gasteiger partial charge in [-0.3, -0.25) is 4.79 Å². The molecule has 0 saturated heterocycles. The van der Waals surface area contributed by atoms with Gasteiger partial charge in [0.25, 0.3) is 5.91 Å². The molecule has 0 atom stereocenters. The van der Waals surface area contributed by atoms with Crippen LogP contribution in [-0.4, -0.2) is 20.4 Å². The van der Waals surface area contributed by atoms with Crippen LogP contribution in [0.25, 0.3) is 11.4 Å². The minimum absolute atomic E-state index is 0.0118. The third-order valence-corrected chi connectivity index (χ3v) is 5.73. The highest BCUT2D eigenvalue weighted by Crippen LogP contribution is 2.28. The largest absolute Gasteiger partial charge is 0.318 e. The van der Waals surface area contributed by atoms with Gasteiger partial charge >= 0.3 is 0 Å². The fourth-order valence-electron chi connectivity index (χ4n) is 3.09. The summed E-state index contributed by atoms with van der Waals surface area (Å²) in [5.74, 6) is -1.37. The molecule has 0 spiro atoms. The molecular formula is C22H12Cl4F2N4O. The molecule has 168 valence electrons. The molecule has 11 heteroatoms. The number of hydrogen-bond acceptors (Lipinski definition) is 3. The molecule has 1 N–H and O–H groups in total. The number of pyridine rings is 1. The van der Waals surface area contributed by atoms with Crippen molar-refractivity contribution in [3.05, 3.63) is 98.0 Å². The molecule has 0 radical (unpaired) electrons. The van der Waals surface area contributed by atoms with Gasteiger partial charge in [0.2, 0.25) is 0 Å². The van der Waals surface area contributed by atoms with Crippen molar-refractivity contribution in [3.63, 3.8) is 0 Å². The molecule has 5 nitrogen and oxygen atoms in total. The molecule has 2 aromatic carbocycles. The van der Waals surface area contributed by atoms with Crippen molar-refractivity contribution >= 4 is 58.0 Å². The van der Waals surface area contributed by atoms with Crippen LogP contribution in [0.5, 0.6) is 0 Å². The van der Waals surface area contributed by atoms with Gasteiger partial charge in [0.05, 0.1) is 21.9 Å². The third kappa shape index (κ3) is 5.12. The number of carbonyl (C=O) groups excluding carboxylic acids is 1. The molecule has 0 aliphatic carbocycles. The summed E-state index contributed by atoms with van der Waals surface area (Å²) in [5, 5.41) is 2.68. The van der Waals surface area contributed by atoms with Crippen molar-refractivity contribution < 1.29 is 13.6 Å². The molecule has 2 aromatic heterocycles. The number of hydrogen-bond donors (Lipinski definition) is 1. The van der Waals surface area contributed by atoms with E-state index in [-0.39, 0.29) is 38.3 Å². The van der Waals surface area contributed by atoms with E-state index in [1.807, 2.05) is 0 Å². The number of imidazole rings is 1. The second-order valence-corrected chi connectivity index (χ2v) is 8.42. The molecule has 0 aliphatic rings. The monoisotopic (exact) mass is 526 g/mol. The summed E-state index contributed by atoms with van der Waals surface area (Å²) in [7, 11) is 0. The van der Waals surface area contributed by atoms with Crippen molar-refractivity contribution in [2.24, 2.45) is 0 Å². The van der Waals surface area contributed by atoms with Crippen LogP contribution in [-0.2, 0) is 6.54 Å². The molecule has 0 bridgehead atoms. The van der Waals surface area contributed by atoms with Gasteiger partial charge in [-0.05, 0) is 48.0 Å². The van der Waals surface area contributed by atoms with Crippen LogP contribution in [0.3, 0.4) is 0 Å². The van der Waals surface area contributed by atoms with Gasteiger partial charge in [0.15, 0.2) is 5.15 Å². The average molecular weight is 528 g/mol. The van der Waals surface area contributed by atoms with E-state index in [0.29, 0.717) is 17.0 Å². The molecule has 33 heavy (non-hydrogen) atoms. The normalized spacial score (nSPS) is 11.0. The van der Waals surface area contributed by atoms with Crippen molar-refractivity contribution in [1.29, 1.82) is 0 Å². The van der Waals surface area contributed by atoms with Crippen LogP contribution >= 0.6 is 46.4 Å². The summed E-state index contributed by atoms with van der Waals surface area (Å²) in [5.41, 5.74) is 1.47. The zero-order chi connectivity index (χ0) is 23.7. The minimum Gasteiger partial charge on any atom is -0.318 e. The molecule has 0 aliphatic heterocycles. The molecular weight excluding hydrogens is 516 g/mol. The lowest BCUT2D eigenvalue weighted by Gasteiger charge is -2.14. The van der Waals surface area contributed by atoms with E-state index in [9.17, 15) is 13.6 Å². The van der Waals surface area contributed by atoms with Crippen molar-refractivity contribution in [2.45, 2.75) is 6.54 Å². The van der Waals surface area contributed by atoms with E-state index in [1.54, 1.807) is 4.57 Å². The second kappa shape index (κ2) is 9.65. The standard InChI is InChI=1S/C22H12Cl4F2N4O/c23-13-7-11(1-3-15(13)27)10-32-18(22(33)30-17-5-6-19(25)31-20(17)26)9-29-21(32)12-2-4-16(28)14(24)8-12/h1-9H,10H2,(H,30,33). The van der Waals surface area contributed by atoms with Gasteiger partial charge < -0.3 is 9.88 Å². The number of anilines is 1. The Bertz CT molecular complexity index is 1380. The maximum Gasteiger partial charge on any atom is 0.274 e. The number of amides is 1. The van der Waals surface area contributed by atoms with Crippen molar-refractivity contribution in [3.8, 4) is 11.4 Å². The first kappa shape index (κ1) is 23.4. The molecule has 1 amide bonds. The number of halogens is 6. The maximum atomic E-state index is 13.7. The predicted molar refractivity (Wildman–Crippen MR) is 125 cm³/mol. The number of nitrogens with one attached hydrogen (secondary N) is 1. The van der Waals surface area contributed by atoms with E-state index in [2.05, 4.69) is 15.3 Å². The Hall–Kier alpha value is -2.71. The Morgan fingerprint density at radius 2 is 1.64 bits per heavy atom. The quantitative estimate of drug-likeness (QED) is 0.281. The SMILES string of the molecule is O=C(Nc1ccc(Cl)nc1Cl)c1cnc(-c2ccc(F)c(Cl)c2)n1Cc1ccc(F)c(Cl)c1. The van der Waals surface area contributed by atoms with E-state index in [1.165, 1.54) is 54.7 Å². The summed E-state index contributed by atoms with van der Waals surface area (Å²) >= 11 is 23.7. The lowest BCUT2D eigenvalue weighted by atomic mass is 10.1. The van der Waals surface area contributed by atoms with Crippen LogP contribution in [0, 0.1) is 11.6 Å². The Labute approximate surface area is 206 Å². The first-order valence-corrected chi connectivity index (χ1v) is 10.8. The van der Waals surface area contributed by atoms with Gasteiger partial charge in [-0.1, -0.05) is 52.5 Å². The van der Waals surface area contributed by atoms with Gasteiger partial charge in [0, 0.05) is 12.1 Å². The van der Waals surface area contributed by atoms with Crippen LogP contribution < -0.4 is 5.32 Å². The van der Waals surface area contributed by atoms with E-state index in [0.717, 1.165) is 0 Å². The Morgan fingerprint density at radius 3 is 2.30 bits per heavy atom. The first-order chi connectivity index (χ1) is 15.7. The van der Waals surface area contributed by atoms with Crippen LogP contribution in [0.4, 0.5) is 14.5 Å². The maximum absolute atomic E-state index is 13.7. The fourth-order valence-corrected chi connectivity index (χ4v) is 3.87. The lowest BCUT2D eigenvalue weighted by Crippen LogP contribution is -2.18. The van der Waals surface area contributed by atoms with Gasteiger partial charge in [-0.15, -0.1) is 0 Å². The molecule has 2 heterocycles. The van der Waals surface area contributed by atoms with E-state index < -0.39 is 17.5 Å². The Balaban J connectivity index is 1.77. The highest BCUT2D eigenvalue weighted by atomic mass is 35.5. The third-order valence-electron chi connectivity index (χ3n) is 4.65. The number of carbonyl (C=O) groups is 1. The predicted octanol–water partition coefficient (Wildman–Crippen LogP) is 7.14. The summed E-state index contributed by atoms with van der Waals surface area (Å²) in [6.45, 7) is 0.111. The Kier molecular flexibility index (Phi) is 6.86. The highest BCUT2D eigenvalue weighted by molar-refractivity contribution is 6.34. The second-order valence-electron chi connectivity index (χ2n) is 6.86. The van der Waals surface area contributed by atoms with Crippen molar-refractivity contribution in [1.82, 2.24) is 14.5 Å². The fraction of sp³-hybridized carbons (Fsp3) is 0.0455. The van der Waals surface area contributed by atoms with E-state index >= 15 is 0 Å². The van der Waals surface area contributed by atoms with Gasteiger partial charge in [-0.25, -0.2) is 18.7 Å². The van der Waals surface area contributed by atoms with Crippen LogP contribution in [0.1, 0.15) is 16.1 Å². The van der Waals surface area contributed by atoms with Gasteiger partial charge in [-0.2, -0.15) is 0 Å². The summed E-state index contributed by atoms with van der Waals surface area (Å²) in [4.78, 5) is 21.3. The summed E-state index contributed by atoms with van der Waals surface area (Å²) in [6.07, 6.45) is 1.35. The minimum atomic E-state index is -0.591. The van der Waals surface area contributed by atoms with Gasteiger partial charge in [0.1, 0.15) is 28.3 Å². The molecule has 0 saturated carbocycles. The van der Waals surface area contributed by atoms with Crippen LogP contribution in [0.2, 0.25) is 20.4 Å².